The zero-order valence-corrected chi connectivity index (χ0v) is 9.76. The van der Waals surface area contributed by atoms with E-state index in [1.165, 1.54) is 6.20 Å². The van der Waals surface area contributed by atoms with Crippen LogP contribution in [0, 0.1) is 0 Å². The molecule has 2 aromatic rings. The van der Waals surface area contributed by atoms with Crippen LogP contribution in [-0.4, -0.2) is 15.5 Å². The maximum atomic E-state index is 11.6. The Bertz CT molecular complexity index is 487. The highest BCUT2D eigenvalue weighted by Gasteiger charge is 2.08. The van der Waals surface area contributed by atoms with Crippen molar-refractivity contribution >= 4 is 29.0 Å². The highest BCUT2D eigenvalue weighted by atomic mass is 35.5. The molecule has 4 nitrogen and oxygen atoms in total. The zero-order valence-electron chi connectivity index (χ0n) is 8.18. The topological polar surface area (TPSA) is 54.9 Å². The van der Waals surface area contributed by atoms with Crippen LogP contribution >= 0.6 is 23.1 Å². The molecule has 0 aliphatic heterocycles. The molecule has 0 saturated heterocycles. The number of nitrogens with one attached hydrogen (secondary N) is 1. The van der Waals surface area contributed by atoms with Gasteiger partial charge in [-0.05, 0) is 23.2 Å². The first-order valence-electron chi connectivity index (χ1n) is 4.56. The first-order valence-corrected chi connectivity index (χ1v) is 5.71. The highest BCUT2D eigenvalue weighted by Crippen LogP contribution is 2.14. The van der Waals surface area contributed by atoms with Gasteiger partial charge in [-0.25, -0.2) is 0 Å². The maximum Gasteiger partial charge on any atom is 0.264 e. The number of benzene rings is 1. The monoisotopic (exact) mass is 253 g/mol. The molecular formula is C10H8ClN3OS. The number of carbonyl (C=O) groups excluding carboxylic acids is 1. The fourth-order valence-electron chi connectivity index (χ4n) is 1.17. The average Bonchev–Trinajstić information content (AvgIpc) is 2.81. The molecule has 6 heteroatoms. The summed E-state index contributed by atoms with van der Waals surface area (Å²) in [4.78, 5) is 12.1. The second-order valence-electron chi connectivity index (χ2n) is 3.06. The minimum Gasteiger partial charge on any atom is -0.347 e. The third kappa shape index (κ3) is 2.56. The molecule has 1 amide bonds. The Morgan fingerprint density at radius 3 is 2.94 bits per heavy atom. The molecule has 82 valence electrons. The van der Waals surface area contributed by atoms with E-state index in [1.807, 2.05) is 18.2 Å². The summed E-state index contributed by atoms with van der Waals surface area (Å²) in [5.74, 6) is -0.185. The van der Waals surface area contributed by atoms with Crippen LogP contribution in [-0.2, 0) is 6.54 Å². The van der Waals surface area contributed by atoms with Crippen molar-refractivity contribution in [2.75, 3.05) is 0 Å². The molecule has 1 heterocycles. The Labute approximate surface area is 101 Å². The van der Waals surface area contributed by atoms with E-state index in [0.29, 0.717) is 16.4 Å². The predicted molar refractivity (Wildman–Crippen MR) is 62.5 cm³/mol. The van der Waals surface area contributed by atoms with Crippen molar-refractivity contribution in [2.24, 2.45) is 0 Å². The number of hydrogen-bond acceptors (Lipinski definition) is 4. The minimum absolute atomic E-state index is 0.185. The molecule has 0 bridgehead atoms. The Balaban J connectivity index is 1.98. The smallest absolute Gasteiger partial charge is 0.264 e. The van der Waals surface area contributed by atoms with E-state index in [-0.39, 0.29) is 5.91 Å². The van der Waals surface area contributed by atoms with E-state index in [1.54, 1.807) is 6.07 Å². The largest absolute Gasteiger partial charge is 0.347 e. The molecule has 0 fully saturated rings. The highest BCUT2D eigenvalue weighted by molar-refractivity contribution is 7.07. The third-order valence-electron chi connectivity index (χ3n) is 1.98. The van der Waals surface area contributed by atoms with Crippen molar-refractivity contribution in [3.05, 3.63) is 45.9 Å². The van der Waals surface area contributed by atoms with Crippen molar-refractivity contribution in [3.8, 4) is 0 Å². The summed E-state index contributed by atoms with van der Waals surface area (Å²) in [6.07, 6.45) is 1.44. The molecule has 1 aromatic carbocycles. The fraction of sp³-hybridized carbons (Fsp3) is 0.100. The van der Waals surface area contributed by atoms with Crippen molar-refractivity contribution in [3.63, 3.8) is 0 Å². The van der Waals surface area contributed by atoms with Gasteiger partial charge in [0, 0.05) is 11.6 Å². The number of nitrogens with zero attached hydrogens (tertiary/aromatic N) is 2. The standard InChI is InChI=1S/C10H8ClN3OS/c11-8-4-2-1-3-7(8)5-12-10(15)9-6-13-14-16-9/h1-4,6H,5H2,(H,12,15). The molecule has 1 aromatic heterocycles. The lowest BCUT2D eigenvalue weighted by atomic mass is 10.2. The van der Waals surface area contributed by atoms with Crippen LogP contribution in [0.3, 0.4) is 0 Å². The summed E-state index contributed by atoms with van der Waals surface area (Å²) < 4.78 is 3.62. The van der Waals surface area contributed by atoms with Gasteiger partial charge in [0.2, 0.25) is 0 Å². The van der Waals surface area contributed by atoms with Crippen molar-refractivity contribution in [1.82, 2.24) is 14.9 Å². The van der Waals surface area contributed by atoms with E-state index in [2.05, 4.69) is 14.9 Å². The van der Waals surface area contributed by atoms with Gasteiger partial charge in [-0.2, -0.15) is 0 Å². The SMILES string of the molecule is O=C(NCc1ccccc1Cl)c1cnns1. The molecule has 0 saturated carbocycles. The lowest BCUT2D eigenvalue weighted by Gasteiger charge is -2.04. The summed E-state index contributed by atoms with van der Waals surface area (Å²) in [5.41, 5.74) is 0.884. The summed E-state index contributed by atoms with van der Waals surface area (Å²) in [7, 11) is 0. The second-order valence-corrected chi connectivity index (χ2v) is 4.25. The summed E-state index contributed by atoms with van der Waals surface area (Å²) >= 11 is 7.02. The van der Waals surface area contributed by atoms with Gasteiger partial charge in [0.1, 0.15) is 4.88 Å². The normalized spacial score (nSPS) is 10.1. The molecule has 0 unspecified atom stereocenters. The lowest BCUT2D eigenvalue weighted by molar-refractivity contribution is 0.0955. The number of hydrogen-bond donors (Lipinski definition) is 1. The van der Waals surface area contributed by atoms with Gasteiger partial charge in [0.05, 0.1) is 6.20 Å². The molecule has 0 atom stereocenters. The molecule has 2 rings (SSSR count). The molecule has 0 radical (unpaired) electrons. The van der Waals surface area contributed by atoms with Crippen LogP contribution in [0.25, 0.3) is 0 Å². The summed E-state index contributed by atoms with van der Waals surface area (Å²) in [5, 5.41) is 6.99. The van der Waals surface area contributed by atoms with Crippen LogP contribution in [0.4, 0.5) is 0 Å². The second kappa shape index (κ2) is 5.05. The van der Waals surface area contributed by atoms with Gasteiger partial charge in [-0.3, -0.25) is 4.79 Å². The van der Waals surface area contributed by atoms with Crippen LogP contribution < -0.4 is 5.32 Å². The Morgan fingerprint density at radius 2 is 2.25 bits per heavy atom. The summed E-state index contributed by atoms with van der Waals surface area (Å²) in [6.45, 7) is 0.399. The maximum absolute atomic E-state index is 11.6. The molecule has 0 aliphatic rings. The fourth-order valence-corrected chi connectivity index (χ4v) is 1.81. The average molecular weight is 254 g/mol. The number of aromatic nitrogens is 2. The quantitative estimate of drug-likeness (QED) is 0.912. The predicted octanol–water partition coefficient (Wildman–Crippen LogP) is 2.12. The third-order valence-corrected chi connectivity index (χ3v) is 3.01. The van der Waals surface area contributed by atoms with Crippen molar-refractivity contribution < 1.29 is 4.79 Å². The van der Waals surface area contributed by atoms with Gasteiger partial charge in [-0.15, -0.1) is 5.10 Å². The molecular weight excluding hydrogens is 246 g/mol. The van der Waals surface area contributed by atoms with E-state index >= 15 is 0 Å². The van der Waals surface area contributed by atoms with Crippen LogP contribution in [0.15, 0.2) is 30.5 Å². The lowest BCUT2D eigenvalue weighted by Crippen LogP contribution is -2.21. The summed E-state index contributed by atoms with van der Waals surface area (Å²) in [6, 6.07) is 7.38. The van der Waals surface area contributed by atoms with Gasteiger partial charge in [0.25, 0.3) is 5.91 Å². The number of amides is 1. The van der Waals surface area contributed by atoms with E-state index in [0.717, 1.165) is 17.1 Å². The number of rotatable bonds is 3. The van der Waals surface area contributed by atoms with Crippen LogP contribution in [0.5, 0.6) is 0 Å². The van der Waals surface area contributed by atoms with Crippen molar-refractivity contribution in [1.29, 1.82) is 0 Å². The Hall–Kier alpha value is -1.46. The first kappa shape index (κ1) is 11.0. The van der Waals surface area contributed by atoms with E-state index < -0.39 is 0 Å². The van der Waals surface area contributed by atoms with E-state index in [4.69, 9.17) is 11.6 Å². The van der Waals surface area contributed by atoms with Crippen molar-refractivity contribution in [2.45, 2.75) is 6.54 Å². The first-order chi connectivity index (χ1) is 7.77. The molecule has 0 aliphatic carbocycles. The Morgan fingerprint density at radius 1 is 1.44 bits per heavy atom. The number of halogens is 1. The van der Waals surface area contributed by atoms with Gasteiger partial charge >= 0.3 is 0 Å². The van der Waals surface area contributed by atoms with Gasteiger partial charge in [-0.1, -0.05) is 34.3 Å². The van der Waals surface area contributed by atoms with E-state index in [9.17, 15) is 4.79 Å². The molecule has 16 heavy (non-hydrogen) atoms. The van der Waals surface area contributed by atoms with Crippen LogP contribution in [0.1, 0.15) is 15.2 Å². The van der Waals surface area contributed by atoms with Gasteiger partial charge in [0.15, 0.2) is 0 Å². The Kier molecular flexibility index (Phi) is 3.48. The number of carbonyl (C=O) groups is 1. The van der Waals surface area contributed by atoms with Gasteiger partial charge < -0.3 is 5.32 Å². The molecule has 0 spiro atoms. The zero-order chi connectivity index (χ0) is 11.4. The van der Waals surface area contributed by atoms with Crippen LogP contribution in [0.2, 0.25) is 5.02 Å². The minimum atomic E-state index is -0.185. The molecule has 1 N–H and O–H groups in total.